The van der Waals surface area contributed by atoms with Gasteiger partial charge in [0.25, 0.3) is 11.4 Å². The van der Waals surface area contributed by atoms with Crippen molar-refractivity contribution in [3.63, 3.8) is 0 Å². The Hall–Kier alpha value is -3.29. The van der Waals surface area contributed by atoms with Gasteiger partial charge in [-0.15, -0.1) is 0 Å². The summed E-state index contributed by atoms with van der Waals surface area (Å²) in [6, 6.07) is 11.2. The first-order valence-corrected chi connectivity index (χ1v) is 7.72. The van der Waals surface area contributed by atoms with Gasteiger partial charge < -0.3 is 4.90 Å². The van der Waals surface area contributed by atoms with Crippen molar-refractivity contribution < 1.29 is 14.6 Å². The van der Waals surface area contributed by atoms with Crippen molar-refractivity contribution in [3.05, 3.63) is 79.4 Å². The zero-order chi connectivity index (χ0) is 18.0. The second-order valence-electron chi connectivity index (χ2n) is 5.84. The number of nitrogens with zero attached hydrogens (tertiary/aromatic N) is 3. The van der Waals surface area contributed by atoms with Crippen LogP contribution in [0.4, 0.5) is 11.4 Å². The monoisotopic (exact) mass is 341 g/mol. The number of non-ortho nitro benzene ring substituents is 1. The maximum Gasteiger partial charge on any atom is 0.279 e. The molecule has 3 rings (SSSR count). The molecule has 0 aromatic heterocycles. The van der Waals surface area contributed by atoms with Crippen LogP contribution in [0.15, 0.2) is 42.5 Å². The number of carbonyl (C=O) groups excluding carboxylic acids is 1. The highest BCUT2D eigenvalue weighted by atomic mass is 16.6. The largest absolute Gasteiger partial charge is 0.338 e. The van der Waals surface area contributed by atoms with Gasteiger partial charge in [0.2, 0.25) is 5.91 Å². The van der Waals surface area contributed by atoms with Crippen molar-refractivity contribution in [1.29, 1.82) is 0 Å². The van der Waals surface area contributed by atoms with Gasteiger partial charge in [0.1, 0.15) is 0 Å². The summed E-state index contributed by atoms with van der Waals surface area (Å²) >= 11 is 0. The predicted molar refractivity (Wildman–Crippen MR) is 89.0 cm³/mol. The fourth-order valence-corrected chi connectivity index (χ4v) is 2.97. The molecule has 0 bridgehead atoms. The van der Waals surface area contributed by atoms with Gasteiger partial charge in [-0.05, 0) is 23.6 Å². The summed E-state index contributed by atoms with van der Waals surface area (Å²) in [5.74, 6) is -0.230. The normalized spacial score (nSPS) is 13.2. The Morgan fingerprint density at radius 2 is 1.76 bits per heavy atom. The molecule has 128 valence electrons. The van der Waals surface area contributed by atoms with Gasteiger partial charge in [-0.3, -0.25) is 25.0 Å². The van der Waals surface area contributed by atoms with Crippen molar-refractivity contribution in [2.75, 3.05) is 6.54 Å². The Kier molecular flexibility index (Phi) is 4.42. The lowest BCUT2D eigenvalue weighted by atomic mass is 9.99. The van der Waals surface area contributed by atoms with E-state index in [0.29, 0.717) is 13.1 Å². The molecule has 0 saturated carbocycles. The first kappa shape index (κ1) is 16.6. The molecule has 0 spiro atoms. The van der Waals surface area contributed by atoms with Crippen LogP contribution in [0.5, 0.6) is 0 Å². The third kappa shape index (κ3) is 3.47. The summed E-state index contributed by atoms with van der Waals surface area (Å²) in [7, 11) is 0. The van der Waals surface area contributed by atoms with Crippen LogP contribution in [0.1, 0.15) is 16.7 Å². The lowest BCUT2D eigenvalue weighted by molar-refractivity contribution is -0.394. The number of rotatable bonds is 4. The molecule has 8 heteroatoms. The zero-order valence-corrected chi connectivity index (χ0v) is 13.3. The van der Waals surface area contributed by atoms with Crippen LogP contribution in [0, 0.1) is 20.2 Å². The van der Waals surface area contributed by atoms with E-state index in [0.717, 1.165) is 18.1 Å². The minimum absolute atomic E-state index is 0.156. The number of carbonyl (C=O) groups is 1. The van der Waals surface area contributed by atoms with Gasteiger partial charge in [-0.25, -0.2) is 0 Å². The number of amides is 1. The smallest absolute Gasteiger partial charge is 0.279 e. The van der Waals surface area contributed by atoms with Gasteiger partial charge in [0, 0.05) is 24.7 Å². The lowest BCUT2D eigenvalue weighted by Crippen LogP contribution is -2.36. The van der Waals surface area contributed by atoms with E-state index in [1.54, 1.807) is 4.90 Å². The van der Waals surface area contributed by atoms with Gasteiger partial charge in [0.05, 0.1) is 22.3 Å². The Morgan fingerprint density at radius 1 is 1.04 bits per heavy atom. The van der Waals surface area contributed by atoms with Crippen LogP contribution < -0.4 is 0 Å². The van der Waals surface area contributed by atoms with E-state index in [9.17, 15) is 25.0 Å². The van der Waals surface area contributed by atoms with E-state index in [4.69, 9.17) is 0 Å². The van der Waals surface area contributed by atoms with Crippen LogP contribution in [0.25, 0.3) is 0 Å². The highest BCUT2D eigenvalue weighted by Crippen LogP contribution is 2.26. The summed E-state index contributed by atoms with van der Waals surface area (Å²) in [4.78, 5) is 34.8. The van der Waals surface area contributed by atoms with E-state index >= 15 is 0 Å². The lowest BCUT2D eigenvalue weighted by Gasteiger charge is -2.29. The van der Waals surface area contributed by atoms with E-state index in [1.807, 2.05) is 24.3 Å². The Bertz CT molecular complexity index is 865. The third-order valence-corrected chi connectivity index (χ3v) is 4.30. The summed E-state index contributed by atoms with van der Waals surface area (Å²) in [5.41, 5.74) is 1.68. The molecule has 0 radical (unpaired) electrons. The third-order valence-electron chi connectivity index (χ3n) is 4.30. The molecule has 25 heavy (non-hydrogen) atoms. The Morgan fingerprint density at radius 3 is 2.44 bits per heavy atom. The first-order chi connectivity index (χ1) is 12.0. The number of nitro benzene ring substituents is 2. The molecule has 1 aliphatic heterocycles. The maximum atomic E-state index is 12.5. The molecule has 1 aliphatic rings. The van der Waals surface area contributed by atoms with Gasteiger partial charge in [-0.1, -0.05) is 24.3 Å². The second-order valence-corrected chi connectivity index (χ2v) is 5.84. The second kappa shape index (κ2) is 6.68. The van der Waals surface area contributed by atoms with Crippen LogP contribution in [0.3, 0.4) is 0 Å². The minimum atomic E-state index is -0.694. The van der Waals surface area contributed by atoms with E-state index in [-0.39, 0.29) is 23.6 Å². The van der Waals surface area contributed by atoms with E-state index in [1.165, 1.54) is 17.7 Å². The first-order valence-electron chi connectivity index (χ1n) is 7.72. The summed E-state index contributed by atoms with van der Waals surface area (Å²) in [6.07, 6.45) is 0.584. The molecule has 2 aromatic rings. The number of fused-ring (bicyclic) bond motifs is 1. The van der Waals surface area contributed by atoms with Gasteiger partial charge in [-0.2, -0.15) is 0 Å². The molecule has 0 unspecified atom stereocenters. The number of nitro groups is 2. The fraction of sp³-hybridized carbons (Fsp3) is 0.235. The molecule has 1 amide bonds. The fourth-order valence-electron chi connectivity index (χ4n) is 2.97. The quantitative estimate of drug-likeness (QED) is 0.627. The predicted octanol–water partition coefficient (Wildman–Crippen LogP) is 2.63. The molecule has 0 atom stereocenters. The molecule has 0 aliphatic carbocycles. The van der Waals surface area contributed by atoms with Gasteiger partial charge >= 0.3 is 0 Å². The average Bonchev–Trinajstić information content (AvgIpc) is 2.61. The molecule has 8 nitrogen and oxygen atoms in total. The van der Waals surface area contributed by atoms with Crippen molar-refractivity contribution in [1.82, 2.24) is 4.90 Å². The summed E-state index contributed by atoms with van der Waals surface area (Å²) < 4.78 is 0. The SMILES string of the molecule is O=C(Cc1ccc([N+](=O)[O-])cc1[N+](=O)[O-])N1CCc2ccccc2C1. The van der Waals surface area contributed by atoms with Crippen LogP contribution in [0.2, 0.25) is 0 Å². The standard InChI is InChI=1S/C17H15N3O5/c21-17(18-8-7-12-3-1-2-4-14(12)11-18)9-13-5-6-15(19(22)23)10-16(13)20(24)25/h1-6,10H,7-9,11H2. The summed E-state index contributed by atoms with van der Waals surface area (Å²) in [6.45, 7) is 1.02. The molecule has 2 aromatic carbocycles. The van der Waals surface area contributed by atoms with Crippen molar-refractivity contribution >= 4 is 17.3 Å². The number of hydrogen-bond acceptors (Lipinski definition) is 5. The average molecular weight is 341 g/mol. The van der Waals surface area contributed by atoms with Crippen LogP contribution >= 0.6 is 0 Å². The topological polar surface area (TPSA) is 107 Å². The highest BCUT2D eigenvalue weighted by molar-refractivity contribution is 5.80. The molecular formula is C17H15N3O5. The molecule has 0 fully saturated rings. The van der Waals surface area contributed by atoms with Gasteiger partial charge in [0.15, 0.2) is 0 Å². The Balaban J connectivity index is 1.79. The minimum Gasteiger partial charge on any atom is -0.338 e. The van der Waals surface area contributed by atoms with Crippen molar-refractivity contribution in [2.45, 2.75) is 19.4 Å². The maximum absolute atomic E-state index is 12.5. The molecule has 1 heterocycles. The zero-order valence-electron chi connectivity index (χ0n) is 13.3. The van der Waals surface area contributed by atoms with E-state index in [2.05, 4.69) is 0 Å². The van der Waals surface area contributed by atoms with Crippen LogP contribution in [-0.2, 0) is 24.2 Å². The van der Waals surface area contributed by atoms with Crippen molar-refractivity contribution in [2.24, 2.45) is 0 Å². The molecule has 0 saturated heterocycles. The number of hydrogen-bond donors (Lipinski definition) is 0. The molecule has 0 N–H and O–H groups in total. The van der Waals surface area contributed by atoms with E-state index < -0.39 is 15.5 Å². The summed E-state index contributed by atoms with van der Waals surface area (Å²) in [5, 5.41) is 22.0. The highest BCUT2D eigenvalue weighted by Gasteiger charge is 2.25. The van der Waals surface area contributed by atoms with Crippen LogP contribution in [-0.4, -0.2) is 27.2 Å². The number of benzene rings is 2. The van der Waals surface area contributed by atoms with Crippen molar-refractivity contribution in [3.8, 4) is 0 Å². The Labute approximate surface area is 143 Å². The molecular weight excluding hydrogens is 326 g/mol.